The normalized spacial score (nSPS) is 9.60. The lowest BCUT2D eigenvalue weighted by atomic mass is 10.1. The van der Waals surface area contributed by atoms with Gasteiger partial charge in [0.15, 0.2) is 0 Å². The van der Waals surface area contributed by atoms with Gasteiger partial charge < -0.3 is 5.32 Å². The molecule has 90 valence electrons. The van der Waals surface area contributed by atoms with E-state index in [0.29, 0.717) is 12.2 Å². The number of Topliss-reactive ketones (excluding diaryl/α,β-unsaturated/α-hetero) is 1. The number of rotatable bonds is 4. The molecule has 0 unspecified atom stereocenters. The summed E-state index contributed by atoms with van der Waals surface area (Å²) in [7, 11) is 0. The topological polar surface area (TPSA) is 46.2 Å². The van der Waals surface area contributed by atoms with Crippen molar-refractivity contribution >= 4 is 11.7 Å². The molecule has 0 aromatic rings. The smallest absolute Gasteiger partial charge is 0.222 e. The standard InChI is InChI=1S/C6H13NO.C6H12O/c1-4-7-6(8)5(2)3;1-4-6(7)5(2)3/h5H,4H2,1-3H3,(H,7,8);5H,4H2,1-3H3. The Hall–Kier alpha value is -0.860. The quantitative estimate of drug-likeness (QED) is 0.782. The minimum Gasteiger partial charge on any atom is -0.356 e. The summed E-state index contributed by atoms with van der Waals surface area (Å²) in [6.45, 7) is 12.1. The van der Waals surface area contributed by atoms with Crippen LogP contribution in [-0.2, 0) is 9.59 Å². The highest BCUT2D eigenvalue weighted by Gasteiger charge is 2.02. The Labute approximate surface area is 93.6 Å². The lowest BCUT2D eigenvalue weighted by molar-refractivity contribution is -0.124. The van der Waals surface area contributed by atoms with Crippen LogP contribution in [0.2, 0.25) is 0 Å². The molecule has 0 spiro atoms. The number of carbonyl (C=O) groups excluding carboxylic acids is 2. The van der Waals surface area contributed by atoms with E-state index >= 15 is 0 Å². The number of hydrogen-bond donors (Lipinski definition) is 1. The first kappa shape index (κ1) is 16.6. The fourth-order valence-electron chi connectivity index (χ4n) is 0.787. The predicted molar refractivity (Wildman–Crippen MR) is 63.7 cm³/mol. The molecule has 0 bridgehead atoms. The molecule has 0 rings (SSSR count). The van der Waals surface area contributed by atoms with E-state index < -0.39 is 0 Å². The minimum absolute atomic E-state index is 0.120. The molecule has 3 nitrogen and oxygen atoms in total. The van der Waals surface area contributed by atoms with E-state index in [-0.39, 0.29) is 17.7 Å². The number of ketones is 1. The Morgan fingerprint density at radius 2 is 1.47 bits per heavy atom. The van der Waals surface area contributed by atoms with Gasteiger partial charge in [0, 0.05) is 24.8 Å². The first-order valence-corrected chi connectivity index (χ1v) is 5.67. The number of nitrogens with one attached hydrogen (secondary N) is 1. The van der Waals surface area contributed by atoms with Gasteiger partial charge in [-0.15, -0.1) is 0 Å². The van der Waals surface area contributed by atoms with Gasteiger partial charge in [0.25, 0.3) is 0 Å². The average Bonchev–Trinajstić information content (AvgIpc) is 2.17. The second-order valence-corrected chi connectivity index (χ2v) is 4.02. The van der Waals surface area contributed by atoms with E-state index in [4.69, 9.17) is 0 Å². The van der Waals surface area contributed by atoms with Crippen LogP contribution in [0, 0.1) is 11.8 Å². The Morgan fingerprint density at radius 1 is 1.00 bits per heavy atom. The van der Waals surface area contributed by atoms with Crippen LogP contribution in [0.5, 0.6) is 0 Å². The molecular weight excluding hydrogens is 190 g/mol. The third-order valence-electron chi connectivity index (χ3n) is 1.87. The highest BCUT2D eigenvalue weighted by Crippen LogP contribution is 1.95. The molecule has 0 aliphatic rings. The fourth-order valence-corrected chi connectivity index (χ4v) is 0.787. The van der Waals surface area contributed by atoms with E-state index in [9.17, 15) is 9.59 Å². The second-order valence-electron chi connectivity index (χ2n) is 4.02. The summed E-state index contributed by atoms with van der Waals surface area (Å²) in [6.07, 6.45) is 0.678. The van der Waals surface area contributed by atoms with Crippen LogP contribution in [0.15, 0.2) is 0 Å². The van der Waals surface area contributed by atoms with Gasteiger partial charge in [0.1, 0.15) is 5.78 Å². The molecule has 0 aromatic carbocycles. The van der Waals surface area contributed by atoms with E-state index in [1.807, 2.05) is 41.5 Å². The van der Waals surface area contributed by atoms with Gasteiger partial charge in [-0.3, -0.25) is 9.59 Å². The van der Waals surface area contributed by atoms with Crippen LogP contribution in [0.1, 0.15) is 48.0 Å². The number of carbonyl (C=O) groups is 2. The summed E-state index contributed by atoms with van der Waals surface area (Å²) >= 11 is 0. The van der Waals surface area contributed by atoms with Crippen molar-refractivity contribution in [3.8, 4) is 0 Å². The van der Waals surface area contributed by atoms with Crippen LogP contribution in [-0.4, -0.2) is 18.2 Å². The van der Waals surface area contributed by atoms with Crippen molar-refractivity contribution in [1.29, 1.82) is 0 Å². The fraction of sp³-hybridized carbons (Fsp3) is 0.833. The summed E-state index contributed by atoms with van der Waals surface area (Å²) in [4.78, 5) is 21.1. The van der Waals surface area contributed by atoms with Crippen LogP contribution in [0.4, 0.5) is 0 Å². The molecule has 0 aliphatic carbocycles. The molecule has 0 saturated heterocycles. The molecule has 0 saturated carbocycles. The molecule has 3 heteroatoms. The lowest BCUT2D eigenvalue weighted by Gasteiger charge is -2.02. The molecule has 15 heavy (non-hydrogen) atoms. The average molecular weight is 215 g/mol. The van der Waals surface area contributed by atoms with E-state index in [0.717, 1.165) is 6.54 Å². The molecule has 1 N–H and O–H groups in total. The van der Waals surface area contributed by atoms with Crippen LogP contribution in [0.25, 0.3) is 0 Å². The summed E-state index contributed by atoms with van der Waals surface area (Å²) in [5.41, 5.74) is 0. The molecule has 0 atom stereocenters. The zero-order valence-electron chi connectivity index (χ0n) is 10.9. The van der Waals surface area contributed by atoms with E-state index in [1.165, 1.54) is 0 Å². The molecule has 0 aliphatic heterocycles. The van der Waals surface area contributed by atoms with Gasteiger partial charge in [-0.2, -0.15) is 0 Å². The van der Waals surface area contributed by atoms with Gasteiger partial charge in [-0.25, -0.2) is 0 Å². The van der Waals surface area contributed by atoms with E-state index in [1.54, 1.807) is 0 Å². The molecule has 0 radical (unpaired) electrons. The van der Waals surface area contributed by atoms with Crippen LogP contribution < -0.4 is 5.32 Å². The maximum absolute atomic E-state index is 10.6. The van der Waals surface area contributed by atoms with E-state index in [2.05, 4.69) is 5.32 Å². The zero-order chi connectivity index (χ0) is 12.4. The van der Waals surface area contributed by atoms with Gasteiger partial charge in [-0.1, -0.05) is 34.6 Å². The minimum atomic E-state index is 0.120. The largest absolute Gasteiger partial charge is 0.356 e. The monoisotopic (exact) mass is 215 g/mol. The maximum atomic E-state index is 10.6. The Kier molecular flexibility index (Phi) is 10.7. The lowest BCUT2D eigenvalue weighted by Crippen LogP contribution is -2.26. The Bertz CT molecular complexity index is 186. The third kappa shape index (κ3) is 11.1. The van der Waals surface area contributed by atoms with Crippen molar-refractivity contribution in [2.45, 2.75) is 48.0 Å². The molecule has 0 fully saturated rings. The summed E-state index contributed by atoms with van der Waals surface area (Å²) < 4.78 is 0. The Balaban J connectivity index is 0. The van der Waals surface area contributed by atoms with Crippen molar-refractivity contribution in [2.75, 3.05) is 6.54 Å². The summed E-state index contributed by atoms with van der Waals surface area (Å²) in [6, 6.07) is 0. The van der Waals surface area contributed by atoms with Gasteiger partial charge in [0.05, 0.1) is 0 Å². The van der Waals surface area contributed by atoms with Gasteiger partial charge >= 0.3 is 0 Å². The number of hydrogen-bond acceptors (Lipinski definition) is 2. The van der Waals surface area contributed by atoms with Gasteiger partial charge in [-0.05, 0) is 6.92 Å². The highest BCUT2D eigenvalue weighted by molar-refractivity contribution is 5.79. The highest BCUT2D eigenvalue weighted by atomic mass is 16.1. The van der Waals surface area contributed by atoms with Crippen molar-refractivity contribution < 1.29 is 9.59 Å². The summed E-state index contributed by atoms with van der Waals surface area (Å²) in [5, 5.41) is 2.71. The molecule has 0 aromatic heterocycles. The maximum Gasteiger partial charge on any atom is 0.222 e. The SMILES string of the molecule is CCC(=O)C(C)C.CCNC(=O)C(C)C. The van der Waals surface area contributed by atoms with Crippen molar-refractivity contribution in [3.05, 3.63) is 0 Å². The molecule has 0 heterocycles. The predicted octanol–water partition coefficient (Wildman–Crippen LogP) is 2.40. The zero-order valence-corrected chi connectivity index (χ0v) is 10.9. The van der Waals surface area contributed by atoms with Crippen LogP contribution >= 0.6 is 0 Å². The number of amides is 1. The first-order valence-electron chi connectivity index (χ1n) is 5.67. The van der Waals surface area contributed by atoms with Crippen molar-refractivity contribution in [3.63, 3.8) is 0 Å². The van der Waals surface area contributed by atoms with Crippen molar-refractivity contribution in [2.24, 2.45) is 11.8 Å². The first-order chi connectivity index (χ1) is 6.86. The molecular formula is C12H25NO2. The van der Waals surface area contributed by atoms with Gasteiger partial charge in [0.2, 0.25) is 5.91 Å². The second kappa shape index (κ2) is 9.69. The third-order valence-corrected chi connectivity index (χ3v) is 1.87. The molecule has 1 amide bonds. The van der Waals surface area contributed by atoms with Crippen molar-refractivity contribution in [1.82, 2.24) is 5.32 Å². The van der Waals surface area contributed by atoms with Crippen LogP contribution in [0.3, 0.4) is 0 Å². The summed E-state index contributed by atoms with van der Waals surface area (Å²) in [5.74, 6) is 0.826. The Morgan fingerprint density at radius 3 is 1.53 bits per heavy atom.